The third-order valence-corrected chi connectivity index (χ3v) is 16.6. The first-order valence-electron chi connectivity index (χ1n) is 30.3. The van der Waals surface area contributed by atoms with Crippen LogP contribution in [-0.4, -0.2) is 235 Å². The van der Waals surface area contributed by atoms with E-state index < -0.39 is 144 Å². The van der Waals surface area contributed by atoms with E-state index >= 15 is 9.59 Å². The molecule has 0 aromatic heterocycles. The number of carbonyl (C=O) groups excluding carboxylic acids is 10. The van der Waals surface area contributed by atoms with Crippen LogP contribution < -0.4 is 15.4 Å². The van der Waals surface area contributed by atoms with E-state index in [1.54, 1.807) is 39.8 Å². The number of carbonyl (C=O) groups is 10. The van der Waals surface area contributed by atoms with E-state index in [1.165, 1.54) is 117 Å². The first-order valence-corrected chi connectivity index (χ1v) is 30.3. The number of hydrogen-bond donors (Lipinski definition) is 2. The van der Waals surface area contributed by atoms with Crippen molar-refractivity contribution in [1.82, 2.24) is 49.8 Å². The number of amides is 9. The normalized spacial score (nSPS) is 22.3. The maximum absolute atomic E-state index is 15.2. The van der Waals surface area contributed by atoms with E-state index in [0.717, 1.165) is 12.1 Å². The zero-order chi connectivity index (χ0) is 67.0. The molecule has 1 aliphatic rings. The molecule has 9 amide bonds. The Kier molecular flexibility index (Phi) is 29.7. The van der Waals surface area contributed by atoms with Gasteiger partial charge in [0.25, 0.3) is 5.91 Å². The zero-order valence-electron chi connectivity index (χ0n) is 55.7. The van der Waals surface area contributed by atoms with Crippen molar-refractivity contribution < 1.29 is 70.6 Å². The minimum absolute atomic E-state index is 0.0236. The van der Waals surface area contributed by atoms with Crippen LogP contribution in [0.25, 0.3) is 0 Å². The number of halogens is 3. The summed E-state index contributed by atoms with van der Waals surface area (Å²) >= 11 is 0. The average molecular weight is 1240 g/mol. The molecule has 1 aromatic carbocycles. The lowest BCUT2D eigenvalue weighted by molar-refractivity contribution is -0.274. The lowest BCUT2D eigenvalue weighted by atomic mass is 9.95. The fraction of sp³-hybridized carbons (Fsp3) is 0.742. The maximum Gasteiger partial charge on any atom is 0.573 e. The van der Waals surface area contributed by atoms with E-state index in [2.05, 4.69) is 15.4 Å². The lowest BCUT2D eigenvalue weighted by Gasteiger charge is -2.40. The largest absolute Gasteiger partial charge is 0.573 e. The van der Waals surface area contributed by atoms with Crippen LogP contribution in [0.4, 0.5) is 13.2 Å². The molecule has 2 N–H and O–H groups in total. The predicted molar refractivity (Wildman–Crippen MR) is 324 cm³/mol. The minimum atomic E-state index is -4.96. The van der Waals surface area contributed by atoms with E-state index in [4.69, 9.17) is 4.74 Å². The van der Waals surface area contributed by atoms with Crippen LogP contribution in [0.1, 0.15) is 134 Å². The highest BCUT2D eigenvalue weighted by Gasteiger charge is 2.44. The molecule has 0 aliphatic carbocycles. The molecule has 22 nitrogen and oxygen atoms in total. The molecule has 1 heterocycles. The fourth-order valence-electron chi connectivity index (χ4n) is 10.9. The van der Waals surface area contributed by atoms with Crippen molar-refractivity contribution in [1.29, 1.82) is 0 Å². The van der Waals surface area contributed by atoms with Gasteiger partial charge in [0, 0.05) is 62.3 Å². The number of rotatable bonds is 20. The van der Waals surface area contributed by atoms with Gasteiger partial charge >= 0.3 is 12.3 Å². The van der Waals surface area contributed by atoms with Crippen LogP contribution in [0, 0.1) is 29.6 Å². The number of ether oxygens (including phenoxy) is 2. The summed E-state index contributed by atoms with van der Waals surface area (Å²) in [6, 6.07) is -5.58. The van der Waals surface area contributed by atoms with Gasteiger partial charge in [0.05, 0.1) is 0 Å². The van der Waals surface area contributed by atoms with Gasteiger partial charge in [-0.2, -0.15) is 0 Å². The smallest absolute Gasteiger partial charge is 0.451 e. The Morgan fingerprint density at radius 3 is 1.75 bits per heavy atom. The summed E-state index contributed by atoms with van der Waals surface area (Å²) in [5, 5.41) is 5.56. The number of alkyl halides is 3. The molecule has 0 spiro atoms. The molecule has 25 heteroatoms. The molecule has 87 heavy (non-hydrogen) atoms. The first-order chi connectivity index (χ1) is 40.1. The van der Waals surface area contributed by atoms with E-state index in [0.29, 0.717) is 12.0 Å². The second kappa shape index (κ2) is 33.7. The topological polar surface area (TPSA) is 239 Å². The van der Waals surface area contributed by atoms with Crippen molar-refractivity contribution in [3.63, 3.8) is 0 Å². The van der Waals surface area contributed by atoms with Crippen LogP contribution in [0.2, 0.25) is 0 Å². The summed E-state index contributed by atoms with van der Waals surface area (Å²) in [4.78, 5) is 155. The van der Waals surface area contributed by atoms with Crippen molar-refractivity contribution in [2.45, 2.75) is 202 Å². The first kappa shape index (κ1) is 76.6. The van der Waals surface area contributed by atoms with Crippen LogP contribution in [0.3, 0.4) is 0 Å². The van der Waals surface area contributed by atoms with Gasteiger partial charge in [0.1, 0.15) is 60.1 Å². The highest BCUT2D eigenvalue weighted by molar-refractivity contribution is 5.98. The summed E-state index contributed by atoms with van der Waals surface area (Å²) in [5.41, 5.74) is 0.363. The second-order valence-electron chi connectivity index (χ2n) is 25.4. The molecule has 1 fully saturated rings. The van der Waals surface area contributed by atoms with E-state index in [-0.39, 0.29) is 62.8 Å². The van der Waals surface area contributed by atoms with Crippen molar-refractivity contribution in [3.8, 4) is 5.75 Å². The Balaban J connectivity index is 2.80. The van der Waals surface area contributed by atoms with Crippen molar-refractivity contribution in [3.05, 3.63) is 29.8 Å². The summed E-state index contributed by atoms with van der Waals surface area (Å²) < 4.78 is 49.2. The SMILES string of the molecule is CC[C@H](C)[C@H]1C(=O)N[C@@H](C)C(=O)N(C)[C@@H](CC(C)C)C(=O)N[C@@H](Cc2ccc(OC(F)(F)F)cc2)C(=O)N(C)CCCC[C@H](N(C)C(=O)[C@H](CC(C)C)N(C)C(=O)[C@H](C)N(C)C(=O)[C@H](OC(=O)[C@H](C(C)C)N(C)C)C(C)C)C(=O)N(C)[C@@H](C)C(=O)N1C. The van der Waals surface area contributed by atoms with Gasteiger partial charge in [-0.25, -0.2) is 0 Å². The average Bonchev–Trinajstić information content (AvgIpc) is 3.64. The van der Waals surface area contributed by atoms with Crippen molar-refractivity contribution in [2.75, 3.05) is 70.0 Å². The van der Waals surface area contributed by atoms with Gasteiger partial charge in [0.15, 0.2) is 6.10 Å². The van der Waals surface area contributed by atoms with Crippen LogP contribution in [0.15, 0.2) is 24.3 Å². The van der Waals surface area contributed by atoms with Gasteiger partial charge in [-0.05, 0) is 114 Å². The molecule has 1 aliphatic heterocycles. The number of esters is 1. The van der Waals surface area contributed by atoms with Crippen LogP contribution in [-0.2, 0) is 59.1 Å². The van der Waals surface area contributed by atoms with Gasteiger partial charge in [-0.15, -0.1) is 13.2 Å². The lowest BCUT2D eigenvalue weighted by Crippen LogP contribution is -2.61. The molecule has 2 rings (SSSR count). The molecular formula is C62H103F3N10O12. The molecule has 1 aromatic rings. The summed E-state index contributed by atoms with van der Waals surface area (Å²) in [7, 11) is 13.5. The number of hydrogen-bond acceptors (Lipinski definition) is 13. The Hall–Kier alpha value is -6.53. The minimum Gasteiger partial charge on any atom is -0.451 e. The zero-order valence-corrected chi connectivity index (χ0v) is 55.7. The Morgan fingerprint density at radius 1 is 0.678 bits per heavy atom. The number of likely N-dealkylation sites (N-methyl/N-ethyl adjacent to an activating group) is 8. The van der Waals surface area contributed by atoms with Crippen LogP contribution >= 0.6 is 0 Å². The Labute approximate surface area is 514 Å². The van der Waals surface area contributed by atoms with E-state index in [1.807, 2.05) is 48.5 Å². The summed E-state index contributed by atoms with van der Waals surface area (Å²) in [5.74, 6) is -8.38. The van der Waals surface area contributed by atoms with Crippen LogP contribution in [0.5, 0.6) is 5.75 Å². The van der Waals surface area contributed by atoms with Gasteiger partial charge in [0.2, 0.25) is 47.3 Å². The number of nitrogens with zero attached hydrogens (tertiary/aromatic N) is 8. The molecule has 494 valence electrons. The van der Waals surface area contributed by atoms with Crippen molar-refractivity contribution in [2.24, 2.45) is 29.6 Å². The molecule has 0 saturated carbocycles. The monoisotopic (exact) mass is 1240 g/mol. The molecule has 0 radical (unpaired) electrons. The van der Waals surface area contributed by atoms with Crippen molar-refractivity contribution >= 4 is 59.1 Å². The third-order valence-electron chi connectivity index (χ3n) is 16.6. The van der Waals surface area contributed by atoms with E-state index in [9.17, 15) is 51.5 Å². The number of nitrogens with one attached hydrogen (secondary N) is 2. The Morgan fingerprint density at radius 2 is 1.25 bits per heavy atom. The summed E-state index contributed by atoms with van der Waals surface area (Å²) in [6.07, 6.45) is -5.34. The standard InChI is InChI=1S/C62H103F3N10O12/c1-23-39(10)50-53(77)66-40(11)54(78)73(20)47(32-35(2)3)52(76)67-45(34-43-27-29-44(30-28-43)87-62(63,64)65)57(81)69(16)31-25-24-26-46(58(82)70(17)42(13)56(80)75(50)22)72(19)59(83)48(33-36(4)5)74(21)55(79)41(12)71(18)60(84)51(38(8)9)86-61(85)49(37(6)7)68(14)15/h27-30,35-42,45-51H,23-26,31-34H2,1-22H3,(H,66,77)(H,67,76)/t39-,40-,41-,42-,45-,46-,47-,48-,49-,50-,51+/m0/s1. The summed E-state index contributed by atoms with van der Waals surface area (Å²) in [6.45, 7) is 22.6. The second-order valence-corrected chi connectivity index (χ2v) is 25.4. The highest BCUT2D eigenvalue weighted by atomic mass is 19.4. The number of benzene rings is 1. The fourth-order valence-corrected chi connectivity index (χ4v) is 10.9. The molecule has 11 atom stereocenters. The maximum atomic E-state index is 15.2. The third kappa shape index (κ3) is 21.3. The Bertz CT molecular complexity index is 2510. The molecule has 0 unspecified atom stereocenters. The predicted octanol–water partition coefficient (Wildman–Crippen LogP) is 5.05. The van der Waals surface area contributed by atoms with Gasteiger partial charge in [-0.3, -0.25) is 52.8 Å². The quantitative estimate of drug-likeness (QED) is 0.163. The molecular weight excluding hydrogens is 1130 g/mol. The van der Waals surface area contributed by atoms with Gasteiger partial charge in [-0.1, -0.05) is 87.8 Å². The highest BCUT2D eigenvalue weighted by Crippen LogP contribution is 2.26. The molecule has 0 bridgehead atoms. The van der Waals surface area contributed by atoms with Gasteiger partial charge < -0.3 is 54.4 Å². The molecule has 1 saturated heterocycles.